The highest BCUT2D eigenvalue weighted by molar-refractivity contribution is 9.09. The molecule has 0 saturated heterocycles. The molecule has 0 saturated carbocycles. The van der Waals surface area contributed by atoms with Gasteiger partial charge in [0, 0.05) is 22.5 Å². The topological polar surface area (TPSA) is 0 Å². The molecule has 0 aliphatic rings. The van der Waals surface area contributed by atoms with Crippen molar-refractivity contribution in [3.8, 4) is 0 Å². The lowest BCUT2D eigenvalue weighted by Gasteiger charge is -2.12. The lowest BCUT2D eigenvalue weighted by atomic mass is 10.0. The molecule has 0 aliphatic heterocycles. The van der Waals surface area contributed by atoms with E-state index in [9.17, 15) is 17.6 Å². The Morgan fingerprint density at radius 3 is 2.00 bits per heavy atom. The zero-order chi connectivity index (χ0) is 14.0. The van der Waals surface area contributed by atoms with Crippen LogP contribution in [-0.4, -0.2) is 0 Å². The number of alkyl halides is 1. The van der Waals surface area contributed by atoms with Gasteiger partial charge in [0.2, 0.25) is 0 Å². The van der Waals surface area contributed by atoms with Crippen LogP contribution in [0.25, 0.3) is 0 Å². The summed E-state index contributed by atoms with van der Waals surface area (Å²) >= 11 is 3.23. The highest BCUT2D eigenvalue weighted by atomic mass is 79.9. The summed E-state index contributed by atoms with van der Waals surface area (Å²) in [6, 6.07) is 6.42. The summed E-state index contributed by atoms with van der Waals surface area (Å²) < 4.78 is 52.6. The number of hydrogen-bond acceptors (Lipinski definition) is 0. The zero-order valence-corrected chi connectivity index (χ0v) is 11.2. The van der Waals surface area contributed by atoms with E-state index in [2.05, 4.69) is 15.9 Å². The minimum absolute atomic E-state index is 0.134. The first-order valence-electron chi connectivity index (χ1n) is 5.50. The van der Waals surface area contributed by atoms with E-state index >= 15 is 0 Å². The molecular formula is C14H9BrF4. The van der Waals surface area contributed by atoms with Crippen LogP contribution in [0.3, 0.4) is 0 Å². The van der Waals surface area contributed by atoms with Crippen LogP contribution in [0.5, 0.6) is 0 Å². The molecule has 2 rings (SSSR count). The van der Waals surface area contributed by atoms with Gasteiger partial charge in [0.15, 0.2) is 0 Å². The van der Waals surface area contributed by atoms with Gasteiger partial charge in [0.1, 0.15) is 23.3 Å². The molecule has 2 aromatic rings. The summed E-state index contributed by atoms with van der Waals surface area (Å²) in [5.74, 6) is -2.73. The van der Waals surface area contributed by atoms with Crippen LogP contribution in [0, 0.1) is 23.3 Å². The molecule has 0 aromatic heterocycles. The van der Waals surface area contributed by atoms with E-state index < -0.39 is 28.1 Å². The normalized spacial score (nSPS) is 12.5. The molecule has 0 fully saturated rings. The van der Waals surface area contributed by atoms with Crippen molar-refractivity contribution in [3.05, 3.63) is 70.8 Å². The summed E-state index contributed by atoms with van der Waals surface area (Å²) in [6.45, 7) is 0. The van der Waals surface area contributed by atoms with Gasteiger partial charge in [0.05, 0.1) is 0 Å². The van der Waals surface area contributed by atoms with Gasteiger partial charge in [-0.05, 0) is 24.1 Å². The third-order valence-electron chi connectivity index (χ3n) is 2.71. The standard InChI is InChI=1S/C14H9BrF4/c15-12(11-4-3-10(17)7-14(11)19)5-8-1-2-9(16)6-13(8)18/h1-4,6-7,12H,5H2. The first-order valence-corrected chi connectivity index (χ1v) is 6.42. The lowest BCUT2D eigenvalue weighted by molar-refractivity contribution is 0.561. The van der Waals surface area contributed by atoms with Crippen molar-refractivity contribution in [2.75, 3.05) is 0 Å². The van der Waals surface area contributed by atoms with Crippen LogP contribution in [0.15, 0.2) is 36.4 Å². The van der Waals surface area contributed by atoms with E-state index in [4.69, 9.17) is 0 Å². The van der Waals surface area contributed by atoms with Gasteiger partial charge in [-0.1, -0.05) is 28.1 Å². The first kappa shape index (κ1) is 14.1. The van der Waals surface area contributed by atoms with Crippen molar-refractivity contribution in [2.24, 2.45) is 0 Å². The number of hydrogen-bond donors (Lipinski definition) is 0. The van der Waals surface area contributed by atoms with Gasteiger partial charge in [0.25, 0.3) is 0 Å². The Morgan fingerprint density at radius 2 is 1.42 bits per heavy atom. The van der Waals surface area contributed by atoms with Crippen LogP contribution in [0.1, 0.15) is 16.0 Å². The van der Waals surface area contributed by atoms with Gasteiger partial charge < -0.3 is 0 Å². The fourth-order valence-electron chi connectivity index (χ4n) is 1.75. The smallest absolute Gasteiger partial charge is 0.130 e. The summed E-state index contributed by atoms with van der Waals surface area (Å²) in [5, 5.41) is 0. The minimum Gasteiger partial charge on any atom is -0.207 e. The predicted molar refractivity (Wildman–Crippen MR) is 68.1 cm³/mol. The van der Waals surface area contributed by atoms with E-state index in [0.29, 0.717) is 0 Å². The zero-order valence-electron chi connectivity index (χ0n) is 9.64. The van der Waals surface area contributed by atoms with Crippen LogP contribution in [-0.2, 0) is 6.42 Å². The second-order valence-corrected chi connectivity index (χ2v) is 5.18. The Morgan fingerprint density at radius 1 is 0.842 bits per heavy atom. The summed E-state index contributed by atoms with van der Waals surface area (Å²) in [7, 11) is 0. The quantitative estimate of drug-likeness (QED) is 0.552. The van der Waals surface area contributed by atoms with Gasteiger partial charge >= 0.3 is 0 Å². The van der Waals surface area contributed by atoms with Crippen molar-refractivity contribution < 1.29 is 17.6 Å². The van der Waals surface area contributed by atoms with E-state index in [1.165, 1.54) is 12.1 Å². The Hall–Kier alpha value is -1.36. The fourth-order valence-corrected chi connectivity index (χ4v) is 2.47. The molecule has 1 atom stereocenters. The second kappa shape index (κ2) is 5.74. The average molecular weight is 333 g/mol. The molecule has 0 amide bonds. The Balaban J connectivity index is 2.23. The van der Waals surface area contributed by atoms with Gasteiger partial charge in [-0.3, -0.25) is 0 Å². The predicted octanol–water partition coefficient (Wildman–Crippen LogP) is 4.92. The molecule has 1 unspecified atom stereocenters. The molecule has 0 spiro atoms. The van der Waals surface area contributed by atoms with Crippen molar-refractivity contribution in [1.29, 1.82) is 0 Å². The third-order valence-corrected chi connectivity index (χ3v) is 3.53. The molecule has 19 heavy (non-hydrogen) atoms. The largest absolute Gasteiger partial charge is 0.207 e. The summed E-state index contributed by atoms with van der Waals surface area (Å²) in [4.78, 5) is -0.520. The Kier molecular flexibility index (Phi) is 4.24. The molecule has 100 valence electrons. The molecule has 2 aromatic carbocycles. The number of rotatable bonds is 3. The second-order valence-electron chi connectivity index (χ2n) is 4.07. The maximum Gasteiger partial charge on any atom is 0.130 e. The molecule has 0 radical (unpaired) electrons. The average Bonchev–Trinajstić information content (AvgIpc) is 2.32. The van der Waals surface area contributed by atoms with Crippen molar-refractivity contribution >= 4 is 15.9 Å². The Bertz CT molecular complexity index is 598. The monoisotopic (exact) mass is 332 g/mol. The first-order chi connectivity index (χ1) is 8.97. The SMILES string of the molecule is Fc1ccc(CC(Br)c2ccc(F)cc2F)c(F)c1. The van der Waals surface area contributed by atoms with E-state index in [1.54, 1.807) is 0 Å². The lowest BCUT2D eigenvalue weighted by Crippen LogP contribution is -2.01. The van der Waals surface area contributed by atoms with E-state index in [-0.39, 0.29) is 17.5 Å². The maximum absolute atomic E-state index is 13.5. The highest BCUT2D eigenvalue weighted by Gasteiger charge is 2.16. The molecular weight excluding hydrogens is 324 g/mol. The number of benzene rings is 2. The van der Waals surface area contributed by atoms with Gasteiger partial charge in [-0.25, -0.2) is 17.6 Å². The van der Waals surface area contributed by atoms with Crippen LogP contribution < -0.4 is 0 Å². The molecule has 0 heterocycles. The summed E-state index contributed by atoms with van der Waals surface area (Å²) in [5.41, 5.74) is 0.483. The molecule has 0 aliphatic carbocycles. The van der Waals surface area contributed by atoms with E-state index in [0.717, 1.165) is 24.3 Å². The van der Waals surface area contributed by atoms with Crippen molar-refractivity contribution in [3.63, 3.8) is 0 Å². The fraction of sp³-hybridized carbons (Fsp3) is 0.143. The summed E-state index contributed by atoms with van der Waals surface area (Å²) in [6.07, 6.45) is 0.134. The highest BCUT2D eigenvalue weighted by Crippen LogP contribution is 2.30. The minimum atomic E-state index is -0.704. The third kappa shape index (κ3) is 3.35. The Labute approximate surface area is 116 Å². The maximum atomic E-state index is 13.5. The van der Waals surface area contributed by atoms with Crippen LogP contribution in [0.4, 0.5) is 17.6 Å². The van der Waals surface area contributed by atoms with Gasteiger partial charge in [-0.15, -0.1) is 0 Å². The van der Waals surface area contributed by atoms with Crippen molar-refractivity contribution in [2.45, 2.75) is 11.2 Å². The van der Waals surface area contributed by atoms with Gasteiger partial charge in [-0.2, -0.15) is 0 Å². The van der Waals surface area contributed by atoms with Crippen LogP contribution >= 0.6 is 15.9 Å². The number of halogens is 5. The molecule has 0 N–H and O–H groups in total. The molecule has 0 nitrogen and oxygen atoms in total. The van der Waals surface area contributed by atoms with Crippen molar-refractivity contribution in [1.82, 2.24) is 0 Å². The van der Waals surface area contributed by atoms with E-state index in [1.807, 2.05) is 0 Å². The van der Waals surface area contributed by atoms with Crippen LogP contribution in [0.2, 0.25) is 0 Å². The molecule has 5 heteroatoms. The molecule has 0 bridgehead atoms.